The molecule has 1 atom stereocenters. The van der Waals surface area contributed by atoms with Gasteiger partial charge in [-0.1, -0.05) is 60.7 Å². The maximum Gasteiger partial charge on any atom is 0.338 e. The Hall–Kier alpha value is -3.93. The molecule has 0 aliphatic rings. The third kappa shape index (κ3) is 5.29. The maximum absolute atomic E-state index is 12.8. The molecule has 6 heteroatoms. The number of carbonyl (C=O) groups is 2. The Bertz CT molecular complexity index is 1000. The lowest BCUT2D eigenvalue weighted by Gasteiger charge is -2.19. The van der Waals surface area contributed by atoms with Crippen LogP contribution in [0.2, 0.25) is 0 Å². The zero-order valence-electron chi connectivity index (χ0n) is 15.7. The molecule has 0 heterocycles. The minimum atomic E-state index is -0.530. The second-order valence-corrected chi connectivity index (χ2v) is 6.40. The van der Waals surface area contributed by atoms with Crippen LogP contribution in [0.1, 0.15) is 37.9 Å². The van der Waals surface area contributed by atoms with Gasteiger partial charge in [0.2, 0.25) is 0 Å². The SMILES string of the molecule is N=C(N)c1cccc(C(=O)NC(COC(=O)c2ccccc2)c2ccccc2)c1. The number of nitrogen functional groups attached to an aromatic ring is 1. The van der Waals surface area contributed by atoms with Gasteiger partial charge in [0.05, 0.1) is 11.6 Å². The van der Waals surface area contributed by atoms with Gasteiger partial charge in [0.25, 0.3) is 5.91 Å². The maximum atomic E-state index is 12.8. The molecule has 3 aromatic carbocycles. The number of amidine groups is 1. The van der Waals surface area contributed by atoms with Crippen molar-refractivity contribution in [3.63, 3.8) is 0 Å². The van der Waals surface area contributed by atoms with Crippen LogP contribution in [0.4, 0.5) is 0 Å². The van der Waals surface area contributed by atoms with Crippen molar-refractivity contribution in [3.8, 4) is 0 Å². The summed E-state index contributed by atoms with van der Waals surface area (Å²) in [6, 6.07) is 23.9. The Balaban J connectivity index is 1.76. The van der Waals surface area contributed by atoms with Crippen molar-refractivity contribution in [2.75, 3.05) is 6.61 Å². The fraction of sp³-hybridized carbons (Fsp3) is 0.0870. The Morgan fingerprint density at radius 1 is 0.862 bits per heavy atom. The number of benzene rings is 3. The van der Waals surface area contributed by atoms with Gasteiger partial charge in [0, 0.05) is 11.1 Å². The van der Waals surface area contributed by atoms with E-state index in [0.29, 0.717) is 16.7 Å². The van der Waals surface area contributed by atoms with E-state index in [2.05, 4.69) is 5.32 Å². The Morgan fingerprint density at radius 2 is 1.45 bits per heavy atom. The zero-order valence-corrected chi connectivity index (χ0v) is 15.7. The number of nitrogens with one attached hydrogen (secondary N) is 2. The minimum absolute atomic E-state index is 0.0180. The van der Waals surface area contributed by atoms with Gasteiger partial charge in [-0.2, -0.15) is 0 Å². The van der Waals surface area contributed by atoms with Crippen molar-refractivity contribution in [3.05, 3.63) is 107 Å². The molecule has 0 aliphatic carbocycles. The molecule has 0 aromatic heterocycles. The summed E-state index contributed by atoms with van der Waals surface area (Å²) in [5.74, 6) is -0.923. The van der Waals surface area contributed by atoms with Crippen LogP contribution in [-0.2, 0) is 4.74 Å². The second-order valence-electron chi connectivity index (χ2n) is 6.40. The van der Waals surface area contributed by atoms with E-state index >= 15 is 0 Å². The highest BCUT2D eigenvalue weighted by Gasteiger charge is 2.19. The van der Waals surface area contributed by atoms with Crippen molar-refractivity contribution in [1.82, 2.24) is 5.32 Å². The Labute approximate surface area is 168 Å². The quantitative estimate of drug-likeness (QED) is 0.329. The summed E-state index contributed by atoms with van der Waals surface area (Å²) in [4.78, 5) is 25.0. The molecule has 29 heavy (non-hydrogen) atoms. The fourth-order valence-corrected chi connectivity index (χ4v) is 2.79. The molecule has 0 radical (unpaired) electrons. The lowest BCUT2D eigenvalue weighted by atomic mass is 10.1. The Kier molecular flexibility index (Phi) is 6.37. The van der Waals surface area contributed by atoms with Gasteiger partial charge in [-0.3, -0.25) is 10.2 Å². The highest BCUT2D eigenvalue weighted by Crippen LogP contribution is 2.16. The third-order valence-electron chi connectivity index (χ3n) is 4.33. The number of ether oxygens (including phenoxy) is 1. The molecular formula is C23H21N3O3. The van der Waals surface area contributed by atoms with E-state index in [1.54, 1.807) is 48.5 Å². The summed E-state index contributed by atoms with van der Waals surface area (Å²) in [7, 11) is 0. The van der Waals surface area contributed by atoms with Gasteiger partial charge in [-0.25, -0.2) is 4.79 Å². The van der Waals surface area contributed by atoms with Crippen molar-refractivity contribution in [2.24, 2.45) is 5.73 Å². The predicted octanol–water partition coefficient (Wildman–Crippen LogP) is 3.30. The highest BCUT2D eigenvalue weighted by atomic mass is 16.5. The minimum Gasteiger partial charge on any atom is -0.460 e. The van der Waals surface area contributed by atoms with Crippen LogP contribution in [0, 0.1) is 5.41 Å². The lowest BCUT2D eigenvalue weighted by molar-refractivity contribution is 0.0456. The first-order valence-corrected chi connectivity index (χ1v) is 9.07. The third-order valence-corrected chi connectivity index (χ3v) is 4.33. The van der Waals surface area contributed by atoms with Crippen LogP contribution >= 0.6 is 0 Å². The number of amides is 1. The largest absolute Gasteiger partial charge is 0.460 e. The molecule has 0 bridgehead atoms. The Morgan fingerprint density at radius 3 is 2.10 bits per heavy atom. The number of hydrogen-bond donors (Lipinski definition) is 3. The molecule has 4 N–H and O–H groups in total. The van der Waals surface area contributed by atoms with E-state index in [0.717, 1.165) is 5.56 Å². The van der Waals surface area contributed by atoms with Crippen LogP contribution in [0.25, 0.3) is 0 Å². The zero-order chi connectivity index (χ0) is 20.6. The first-order chi connectivity index (χ1) is 14.0. The topological polar surface area (TPSA) is 105 Å². The van der Waals surface area contributed by atoms with E-state index in [9.17, 15) is 9.59 Å². The van der Waals surface area contributed by atoms with Crippen LogP contribution in [0.5, 0.6) is 0 Å². The van der Waals surface area contributed by atoms with Crippen molar-refractivity contribution in [1.29, 1.82) is 5.41 Å². The van der Waals surface area contributed by atoms with Crippen LogP contribution < -0.4 is 11.1 Å². The summed E-state index contributed by atoms with van der Waals surface area (Å²) in [6.07, 6.45) is 0. The summed E-state index contributed by atoms with van der Waals surface area (Å²) in [6.45, 7) is -0.0180. The number of esters is 1. The molecule has 0 saturated carbocycles. The average molecular weight is 387 g/mol. The highest BCUT2D eigenvalue weighted by molar-refractivity contribution is 6.00. The summed E-state index contributed by atoms with van der Waals surface area (Å²) >= 11 is 0. The van der Waals surface area contributed by atoms with Gasteiger partial charge in [-0.15, -0.1) is 0 Å². The standard InChI is InChI=1S/C23H21N3O3/c24-21(25)18-12-7-13-19(14-18)22(27)26-20(16-8-3-1-4-9-16)15-29-23(28)17-10-5-2-6-11-17/h1-14,20H,15H2,(H3,24,25)(H,26,27). The first-order valence-electron chi connectivity index (χ1n) is 9.07. The predicted molar refractivity (Wildman–Crippen MR) is 111 cm³/mol. The number of carbonyl (C=O) groups excluding carboxylic acids is 2. The molecule has 0 saturated heterocycles. The molecule has 3 aromatic rings. The van der Waals surface area contributed by atoms with Crippen LogP contribution in [0.3, 0.4) is 0 Å². The molecular weight excluding hydrogens is 366 g/mol. The van der Waals surface area contributed by atoms with Crippen molar-refractivity contribution in [2.45, 2.75) is 6.04 Å². The molecule has 146 valence electrons. The molecule has 1 unspecified atom stereocenters. The molecule has 0 aliphatic heterocycles. The van der Waals surface area contributed by atoms with Crippen LogP contribution in [0.15, 0.2) is 84.9 Å². The van der Waals surface area contributed by atoms with E-state index in [1.807, 2.05) is 36.4 Å². The smallest absolute Gasteiger partial charge is 0.338 e. The van der Waals surface area contributed by atoms with Gasteiger partial charge >= 0.3 is 5.97 Å². The number of hydrogen-bond acceptors (Lipinski definition) is 4. The first kappa shape index (κ1) is 19.8. The molecule has 1 amide bonds. The van der Waals surface area contributed by atoms with Crippen molar-refractivity contribution >= 4 is 17.7 Å². The average Bonchev–Trinajstić information content (AvgIpc) is 2.77. The van der Waals surface area contributed by atoms with E-state index in [-0.39, 0.29) is 18.3 Å². The van der Waals surface area contributed by atoms with Crippen molar-refractivity contribution < 1.29 is 14.3 Å². The second kappa shape index (κ2) is 9.32. The summed E-state index contributed by atoms with van der Waals surface area (Å²) in [5.41, 5.74) is 7.59. The van der Waals surface area contributed by atoms with E-state index in [1.165, 1.54) is 0 Å². The van der Waals surface area contributed by atoms with Gasteiger partial charge in [-0.05, 0) is 29.8 Å². The fourth-order valence-electron chi connectivity index (χ4n) is 2.79. The van der Waals surface area contributed by atoms with Gasteiger partial charge < -0.3 is 15.8 Å². The van der Waals surface area contributed by atoms with E-state index in [4.69, 9.17) is 15.9 Å². The molecule has 0 fully saturated rings. The summed E-state index contributed by atoms with van der Waals surface area (Å²) in [5, 5.41) is 10.4. The van der Waals surface area contributed by atoms with Gasteiger partial charge in [0.15, 0.2) is 0 Å². The molecule has 3 rings (SSSR count). The van der Waals surface area contributed by atoms with E-state index < -0.39 is 12.0 Å². The van der Waals surface area contributed by atoms with Crippen LogP contribution in [-0.4, -0.2) is 24.3 Å². The molecule has 6 nitrogen and oxygen atoms in total. The number of nitrogens with two attached hydrogens (primary N) is 1. The number of rotatable bonds is 7. The summed E-state index contributed by atoms with van der Waals surface area (Å²) < 4.78 is 5.44. The normalized spacial score (nSPS) is 11.3. The van der Waals surface area contributed by atoms with Gasteiger partial charge in [0.1, 0.15) is 12.4 Å². The lowest BCUT2D eigenvalue weighted by Crippen LogP contribution is -2.32. The monoisotopic (exact) mass is 387 g/mol. The molecule has 0 spiro atoms.